The van der Waals surface area contributed by atoms with Crippen molar-refractivity contribution in [2.45, 2.75) is 13.5 Å². The Kier molecular flexibility index (Phi) is 3.37. The van der Waals surface area contributed by atoms with E-state index in [1.807, 2.05) is 0 Å². The molecule has 74 valence electrons. The van der Waals surface area contributed by atoms with Crippen molar-refractivity contribution in [3.63, 3.8) is 0 Å². The van der Waals surface area contributed by atoms with Crippen LogP contribution in [0.25, 0.3) is 0 Å². The van der Waals surface area contributed by atoms with E-state index in [-0.39, 0.29) is 12.4 Å². The minimum atomic E-state index is -0.332. The predicted molar refractivity (Wildman–Crippen MR) is 49.5 cm³/mol. The standard InChI is InChI=1S/C10H10FNO2/c1-7-8(5-12-6-13)10(14-2)4-3-9(7)11/h3-4H,5H2,1-2H3. The van der Waals surface area contributed by atoms with E-state index in [1.165, 1.54) is 25.3 Å². The largest absolute Gasteiger partial charge is 0.496 e. The molecule has 0 aliphatic carbocycles. The molecule has 0 bridgehead atoms. The Morgan fingerprint density at radius 1 is 1.57 bits per heavy atom. The molecule has 0 radical (unpaired) electrons. The van der Waals surface area contributed by atoms with Gasteiger partial charge in [-0.15, -0.1) is 0 Å². The number of carbonyl (C=O) groups excluding carboxylic acids is 1. The van der Waals surface area contributed by atoms with Crippen LogP contribution >= 0.6 is 0 Å². The molecule has 1 aromatic rings. The first-order valence-electron chi connectivity index (χ1n) is 4.06. The predicted octanol–water partition coefficient (Wildman–Crippen LogP) is 1.98. The second-order valence-electron chi connectivity index (χ2n) is 2.76. The van der Waals surface area contributed by atoms with Crippen LogP contribution in [0, 0.1) is 12.7 Å². The van der Waals surface area contributed by atoms with Crippen molar-refractivity contribution >= 4 is 6.08 Å². The summed E-state index contributed by atoms with van der Waals surface area (Å²) in [5, 5.41) is 0. The molecule has 4 heteroatoms. The summed E-state index contributed by atoms with van der Waals surface area (Å²) < 4.78 is 18.1. The van der Waals surface area contributed by atoms with Gasteiger partial charge in [-0.2, -0.15) is 0 Å². The van der Waals surface area contributed by atoms with E-state index >= 15 is 0 Å². The fourth-order valence-electron chi connectivity index (χ4n) is 1.20. The van der Waals surface area contributed by atoms with Gasteiger partial charge in [0.15, 0.2) is 0 Å². The van der Waals surface area contributed by atoms with Gasteiger partial charge in [0.05, 0.1) is 13.7 Å². The number of halogens is 1. The zero-order chi connectivity index (χ0) is 10.6. The number of nitrogens with zero attached hydrogens (tertiary/aromatic N) is 1. The van der Waals surface area contributed by atoms with Gasteiger partial charge in [0.2, 0.25) is 6.08 Å². The molecule has 1 rings (SSSR count). The van der Waals surface area contributed by atoms with E-state index in [2.05, 4.69) is 4.99 Å². The van der Waals surface area contributed by atoms with Crippen LogP contribution in [0.4, 0.5) is 4.39 Å². The average Bonchev–Trinajstić information content (AvgIpc) is 2.20. The molecule has 0 heterocycles. The zero-order valence-electron chi connectivity index (χ0n) is 8.00. The molecule has 14 heavy (non-hydrogen) atoms. The van der Waals surface area contributed by atoms with Crippen LogP contribution < -0.4 is 4.74 Å². The number of benzene rings is 1. The van der Waals surface area contributed by atoms with Crippen molar-refractivity contribution in [2.75, 3.05) is 7.11 Å². The SMILES string of the molecule is COc1ccc(F)c(C)c1CN=C=O. The van der Waals surface area contributed by atoms with Crippen molar-refractivity contribution in [3.8, 4) is 5.75 Å². The molecule has 0 amide bonds. The van der Waals surface area contributed by atoms with E-state index in [4.69, 9.17) is 4.74 Å². The lowest BCUT2D eigenvalue weighted by Crippen LogP contribution is -1.96. The van der Waals surface area contributed by atoms with Gasteiger partial charge >= 0.3 is 0 Å². The normalized spacial score (nSPS) is 9.36. The lowest BCUT2D eigenvalue weighted by atomic mass is 10.1. The molecule has 0 fully saturated rings. The van der Waals surface area contributed by atoms with Crippen LogP contribution in [-0.2, 0) is 11.3 Å². The van der Waals surface area contributed by atoms with Crippen LogP contribution in [0.5, 0.6) is 5.75 Å². The maximum Gasteiger partial charge on any atom is 0.235 e. The minimum absolute atomic E-state index is 0.0935. The zero-order valence-corrected chi connectivity index (χ0v) is 8.00. The summed E-state index contributed by atoms with van der Waals surface area (Å²) in [6.07, 6.45) is 1.41. The van der Waals surface area contributed by atoms with Crippen LogP contribution in [0.1, 0.15) is 11.1 Å². The second kappa shape index (κ2) is 4.53. The van der Waals surface area contributed by atoms with E-state index in [9.17, 15) is 9.18 Å². The number of rotatable bonds is 3. The molecule has 3 nitrogen and oxygen atoms in total. The first-order valence-corrected chi connectivity index (χ1v) is 4.06. The Bertz CT molecular complexity index is 384. The highest BCUT2D eigenvalue weighted by Crippen LogP contribution is 2.24. The third-order valence-electron chi connectivity index (χ3n) is 2.01. The van der Waals surface area contributed by atoms with Crippen molar-refractivity contribution in [2.24, 2.45) is 4.99 Å². The fourth-order valence-corrected chi connectivity index (χ4v) is 1.20. The summed E-state index contributed by atoms with van der Waals surface area (Å²) in [5.74, 6) is 0.199. The highest BCUT2D eigenvalue weighted by molar-refractivity contribution is 5.42. The van der Waals surface area contributed by atoms with Crippen molar-refractivity contribution in [1.82, 2.24) is 0 Å². The molecule has 0 aromatic heterocycles. The van der Waals surface area contributed by atoms with Crippen LogP contribution in [0.15, 0.2) is 17.1 Å². The Morgan fingerprint density at radius 2 is 2.29 bits per heavy atom. The molecular weight excluding hydrogens is 185 g/mol. The number of isocyanates is 1. The summed E-state index contributed by atoms with van der Waals surface area (Å²) in [5.41, 5.74) is 1.03. The molecular formula is C10H10FNO2. The van der Waals surface area contributed by atoms with E-state index in [0.717, 1.165) is 0 Å². The van der Waals surface area contributed by atoms with E-state index < -0.39 is 0 Å². The molecule has 0 spiro atoms. The molecule has 0 atom stereocenters. The Hall–Kier alpha value is -1.67. The van der Waals surface area contributed by atoms with Gasteiger partial charge in [0, 0.05) is 5.56 Å². The molecule has 0 N–H and O–H groups in total. The molecule has 0 saturated carbocycles. The first-order chi connectivity index (χ1) is 6.70. The van der Waals surface area contributed by atoms with Gasteiger partial charge in [-0.1, -0.05) is 0 Å². The Morgan fingerprint density at radius 3 is 2.86 bits per heavy atom. The first kappa shape index (κ1) is 10.4. The highest BCUT2D eigenvalue weighted by atomic mass is 19.1. The summed E-state index contributed by atoms with van der Waals surface area (Å²) in [4.78, 5) is 13.3. The summed E-state index contributed by atoms with van der Waals surface area (Å²) in [6, 6.07) is 2.83. The quantitative estimate of drug-likeness (QED) is 0.546. The number of hydrogen-bond donors (Lipinski definition) is 0. The van der Waals surface area contributed by atoms with Gasteiger partial charge in [-0.3, -0.25) is 0 Å². The summed E-state index contributed by atoms with van der Waals surface area (Å²) >= 11 is 0. The van der Waals surface area contributed by atoms with Gasteiger partial charge in [0.1, 0.15) is 11.6 Å². The molecule has 0 unspecified atom stereocenters. The van der Waals surface area contributed by atoms with Crippen molar-refractivity contribution < 1.29 is 13.9 Å². The van der Waals surface area contributed by atoms with E-state index in [0.29, 0.717) is 16.9 Å². The lowest BCUT2D eigenvalue weighted by Gasteiger charge is -2.09. The number of methoxy groups -OCH3 is 1. The van der Waals surface area contributed by atoms with Gasteiger partial charge in [-0.05, 0) is 24.6 Å². The topological polar surface area (TPSA) is 38.7 Å². The van der Waals surface area contributed by atoms with Crippen LogP contribution in [0.2, 0.25) is 0 Å². The third kappa shape index (κ3) is 1.98. The number of hydrogen-bond acceptors (Lipinski definition) is 3. The third-order valence-corrected chi connectivity index (χ3v) is 2.01. The minimum Gasteiger partial charge on any atom is -0.496 e. The van der Waals surface area contributed by atoms with Crippen molar-refractivity contribution in [3.05, 3.63) is 29.1 Å². The van der Waals surface area contributed by atoms with E-state index in [1.54, 1.807) is 6.92 Å². The van der Waals surface area contributed by atoms with Gasteiger partial charge in [-0.25, -0.2) is 14.2 Å². The molecule has 0 aliphatic rings. The fraction of sp³-hybridized carbons (Fsp3) is 0.300. The molecule has 0 aliphatic heterocycles. The monoisotopic (exact) mass is 195 g/mol. The lowest BCUT2D eigenvalue weighted by molar-refractivity contribution is 0.407. The maximum absolute atomic E-state index is 13.1. The summed E-state index contributed by atoms with van der Waals surface area (Å²) in [7, 11) is 1.49. The van der Waals surface area contributed by atoms with Gasteiger partial charge in [0.25, 0.3) is 0 Å². The van der Waals surface area contributed by atoms with Gasteiger partial charge < -0.3 is 4.74 Å². The summed E-state index contributed by atoms with van der Waals surface area (Å²) in [6.45, 7) is 1.71. The molecule has 1 aromatic carbocycles. The Balaban J connectivity index is 3.20. The highest BCUT2D eigenvalue weighted by Gasteiger charge is 2.09. The average molecular weight is 195 g/mol. The number of aliphatic imine (C=N–C) groups is 1. The Labute approximate surface area is 81.2 Å². The number of ether oxygens (including phenoxy) is 1. The van der Waals surface area contributed by atoms with Crippen LogP contribution in [-0.4, -0.2) is 13.2 Å². The van der Waals surface area contributed by atoms with Crippen LogP contribution in [0.3, 0.4) is 0 Å². The maximum atomic E-state index is 13.1. The molecule has 0 saturated heterocycles. The van der Waals surface area contributed by atoms with Crippen molar-refractivity contribution in [1.29, 1.82) is 0 Å². The second-order valence-corrected chi connectivity index (χ2v) is 2.76. The smallest absolute Gasteiger partial charge is 0.235 e.